The summed E-state index contributed by atoms with van der Waals surface area (Å²) < 4.78 is 0. The molecule has 1 aliphatic rings. The number of hydrogen-bond acceptors (Lipinski definition) is 2. The van der Waals surface area contributed by atoms with Crippen molar-refractivity contribution in [2.45, 2.75) is 45.3 Å². The Balaban J connectivity index is 3.18. The van der Waals surface area contributed by atoms with Crippen LogP contribution in [0.4, 0.5) is 4.79 Å². The quantitative estimate of drug-likeness (QED) is 0.665. The van der Waals surface area contributed by atoms with E-state index in [4.69, 9.17) is 6.42 Å². The molecule has 1 aliphatic heterocycles. The minimum absolute atomic E-state index is 0.147. The van der Waals surface area contributed by atoms with Crippen molar-refractivity contribution in [1.82, 2.24) is 4.90 Å². The van der Waals surface area contributed by atoms with Gasteiger partial charge in [-0.3, -0.25) is 4.90 Å². The van der Waals surface area contributed by atoms with E-state index in [1.807, 2.05) is 20.8 Å². The van der Waals surface area contributed by atoms with Gasteiger partial charge in [0.15, 0.2) is 0 Å². The number of rotatable bonds is 1. The first-order valence-electron chi connectivity index (χ1n) is 5.37. The fourth-order valence-electron chi connectivity index (χ4n) is 2.52. The van der Waals surface area contributed by atoms with E-state index in [9.17, 15) is 15.0 Å². The fourth-order valence-corrected chi connectivity index (χ4v) is 2.52. The molecule has 1 fully saturated rings. The Bertz CT molecular complexity index is 326. The predicted octanol–water partition coefficient (Wildman–Crippen LogP) is 1.54. The van der Waals surface area contributed by atoms with Crippen LogP contribution >= 0.6 is 0 Å². The number of likely N-dealkylation sites (tertiary alicyclic amines) is 1. The van der Waals surface area contributed by atoms with Crippen molar-refractivity contribution in [1.29, 1.82) is 0 Å². The van der Waals surface area contributed by atoms with Crippen LogP contribution in [0.2, 0.25) is 0 Å². The molecule has 0 aliphatic carbocycles. The molecule has 2 atom stereocenters. The molecule has 1 heterocycles. The van der Waals surface area contributed by atoms with Gasteiger partial charge >= 0.3 is 6.09 Å². The molecule has 4 heteroatoms. The van der Waals surface area contributed by atoms with Crippen molar-refractivity contribution < 1.29 is 15.0 Å². The SMILES string of the molecule is C#CC[C@]1(C(C)(C)C)C[C@H](O)CN1C(=O)O. The highest BCUT2D eigenvalue weighted by Gasteiger charge is 2.54. The lowest BCUT2D eigenvalue weighted by Gasteiger charge is -2.45. The average molecular weight is 225 g/mol. The molecule has 2 N–H and O–H groups in total. The van der Waals surface area contributed by atoms with E-state index < -0.39 is 17.7 Å². The molecule has 0 radical (unpaired) electrons. The second-order valence-electron chi connectivity index (χ2n) is 5.41. The summed E-state index contributed by atoms with van der Waals surface area (Å²) in [5.41, 5.74) is -0.956. The fraction of sp³-hybridized carbons (Fsp3) is 0.750. The molecular formula is C12H19NO3. The van der Waals surface area contributed by atoms with Crippen LogP contribution in [0.1, 0.15) is 33.6 Å². The Labute approximate surface area is 96.3 Å². The summed E-state index contributed by atoms with van der Waals surface area (Å²) in [7, 11) is 0. The Morgan fingerprint density at radius 2 is 2.19 bits per heavy atom. The lowest BCUT2D eigenvalue weighted by atomic mass is 9.70. The smallest absolute Gasteiger partial charge is 0.407 e. The lowest BCUT2D eigenvalue weighted by Crippen LogP contribution is -2.55. The Kier molecular flexibility index (Phi) is 3.20. The molecular weight excluding hydrogens is 206 g/mol. The molecule has 16 heavy (non-hydrogen) atoms. The van der Waals surface area contributed by atoms with Crippen molar-refractivity contribution in [2.75, 3.05) is 6.54 Å². The minimum Gasteiger partial charge on any atom is -0.465 e. The van der Waals surface area contributed by atoms with E-state index in [0.717, 1.165) is 0 Å². The van der Waals surface area contributed by atoms with E-state index >= 15 is 0 Å². The highest BCUT2D eigenvalue weighted by Crippen LogP contribution is 2.45. The van der Waals surface area contributed by atoms with Crippen LogP contribution in [0, 0.1) is 17.8 Å². The second-order valence-corrected chi connectivity index (χ2v) is 5.41. The highest BCUT2D eigenvalue weighted by molar-refractivity contribution is 5.67. The first-order chi connectivity index (χ1) is 7.24. The zero-order valence-corrected chi connectivity index (χ0v) is 10.0. The van der Waals surface area contributed by atoms with Crippen molar-refractivity contribution in [3.05, 3.63) is 0 Å². The summed E-state index contributed by atoms with van der Waals surface area (Å²) in [5, 5.41) is 18.9. The summed E-state index contributed by atoms with van der Waals surface area (Å²) in [6.45, 7) is 6.02. The number of nitrogens with zero attached hydrogens (tertiary/aromatic N) is 1. The molecule has 1 amide bonds. The van der Waals surface area contributed by atoms with Gasteiger partial charge in [-0.2, -0.15) is 0 Å². The largest absolute Gasteiger partial charge is 0.465 e. The second kappa shape index (κ2) is 3.99. The van der Waals surface area contributed by atoms with Gasteiger partial charge in [-0.15, -0.1) is 12.3 Å². The molecule has 90 valence electrons. The molecule has 1 rings (SSSR count). The standard InChI is InChI=1S/C12H19NO3/c1-5-6-12(11(2,3)4)7-9(14)8-13(12)10(15)16/h1,9,14H,6-8H2,2-4H3,(H,15,16)/t9-,12+/m0/s1. The number of carbonyl (C=O) groups is 1. The van der Waals surface area contributed by atoms with Crippen LogP contribution in [-0.2, 0) is 0 Å². The van der Waals surface area contributed by atoms with Gasteiger partial charge in [0, 0.05) is 6.42 Å². The third kappa shape index (κ3) is 1.88. The summed E-state index contributed by atoms with van der Waals surface area (Å²) in [4.78, 5) is 12.5. The Hall–Kier alpha value is -1.21. The van der Waals surface area contributed by atoms with Gasteiger partial charge in [0.05, 0.1) is 18.2 Å². The van der Waals surface area contributed by atoms with Crippen LogP contribution < -0.4 is 0 Å². The van der Waals surface area contributed by atoms with Crippen molar-refractivity contribution in [3.8, 4) is 12.3 Å². The summed E-state index contributed by atoms with van der Waals surface area (Å²) in [5.74, 6) is 2.55. The molecule has 0 unspecified atom stereocenters. The number of β-amino-alcohol motifs (C(OH)–C–C–N with tert-alkyl or cyclic N) is 1. The molecule has 0 spiro atoms. The van der Waals surface area contributed by atoms with Crippen molar-refractivity contribution in [3.63, 3.8) is 0 Å². The number of amides is 1. The van der Waals surface area contributed by atoms with Crippen LogP contribution in [0.25, 0.3) is 0 Å². The molecule has 0 bridgehead atoms. The molecule has 0 aromatic heterocycles. The van der Waals surface area contributed by atoms with Gasteiger partial charge in [0.25, 0.3) is 0 Å². The summed E-state index contributed by atoms with van der Waals surface area (Å²) in [6.07, 6.45) is 4.46. The van der Waals surface area contributed by atoms with E-state index in [1.54, 1.807) is 0 Å². The van der Waals surface area contributed by atoms with Gasteiger partial charge in [-0.05, 0) is 11.8 Å². The van der Waals surface area contributed by atoms with Gasteiger partial charge in [-0.25, -0.2) is 4.79 Å². The summed E-state index contributed by atoms with van der Waals surface area (Å²) >= 11 is 0. The van der Waals surface area contributed by atoms with Gasteiger partial charge in [-0.1, -0.05) is 20.8 Å². The molecule has 0 aromatic rings. The van der Waals surface area contributed by atoms with Crippen LogP contribution in [0.5, 0.6) is 0 Å². The summed E-state index contributed by atoms with van der Waals surface area (Å²) in [6, 6.07) is 0. The Morgan fingerprint density at radius 3 is 2.56 bits per heavy atom. The maximum absolute atomic E-state index is 11.2. The molecule has 1 saturated heterocycles. The Morgan fingerprint density at radius 1 is 1.62 bits per heavy atom. The first-order valence-corrected chi connectivity index (χ1v) is 5.37. The van der Waals surface area contributed by atoms with Crippen molar-refractivity contribution in [2.24, 2.45) is 5.41 Å². The van der Waals surface area contributed by atoms with Gasteiger partial charge < -0.3 is 10.2 Å². The van der Waals surface area contributed by atoms with Crippen molar-refractivity contribution >= 4 is 6.09 Å². The number of aliphatic hydroxyl groups is 1. The first kappa shape index (κ1) is 12.9. The van der Waals surface area contributed by atoms with E-state index in [-0.39, 0.29) is 12.0 Å². The number of terminal acetylenes is 1. The van der Waals surface area contributed by atoms with E-state index in [0.29, 0.717) is 12.8 Å². The monoisotopic (exact) mass is 225 g/mol. The van der Waals surface area contributed by atoms with E-state index in [1.165, 1.54) is 4.90 Å². The lowest BCUT2D eigenvalue weighted by molar-refractivity contribution is 0.0339. The zero-order chi connectivity index (χ0) is 12.6. The zero-order valence-electron chi connectivity index (χ0n) is 10.0. The molecule has 0 aromatic carbocycles. The van der Waals surface area contributed by atoms with Crippen LogP contribution in [0.3, 0.4) is 0 Å². The maximum atomic E-state index is 11.2. The minimum atomic E-state index is -1.01. The normalized spacial score (nSPS) is 30.2. The average Bonchev–Trinajstić information content (AvgIpc) is 2.43. The number of aliphatic hydroxyl groups excluding tert-OH is 1. The molecule has 4 nitrogen and oxygen atoms in total. The van der Waals surface area contributed by atoms with Crippen LogP contribution in [-0.4, -0.2) is 39.4 Å². The van der Waals surface area contributed by atoms with Gasteiger partial charge in [0.1, 0.15) is 0 Å². The number of carboxylic acid groups (broad SMARTS) is 1. The number of hydrogen-bond donors (Lipinski definition) is 2. The highest BCUT2D eigenvalue weighted by atomic mass is 16.4. The molecule has 0 saturated carbocycles. The maximum Gasteiger partial charge on any atom is 0.407 e. The van der Waals surface area contributed by atoms with E-state index in [2.05, 4.69) is 5.92 Å². The third-order valence-electron chi connectivity index (χ3n) is 3.50. The van der Waals surface area contributed by atoms with Gasteiger partial charge in [0.2, 0.25) is 0 Å². The predicted molar refractivity (Wildman–Crippen MR) is 61.0 cm³/mol. The topological polar surface area (TPSA) is 60.8 Å². The third-order valence-corrected chi connectivity index (χ3v) is 3.50. The van der Waals surface area contributed by atoms with Crippen LogP contribution in [0.15, 0.2) is 0 Å².